The molecule has 6 nitrogen and oxygen atoms in total. The van der Waals surface area contributed by atoms with E-state index >= 15 is 0 Å². The predicted molar refractivity (Wildman–Crippen MR) is 71.4 cm³/mol. The minimum atomic E-state index is -0.648. The van der Waals surface area contributed by atoms with E-state index in [-0.39, 0.29) is 5.70 Å². The number of nitrogens with zero attached hydrogens (tertiary/aromatic N) is 1. The molecule has 1 aliphatic rings. The van der Waals surface area contributed by atoms with Gasteiger partial charge in [0, 0.05) is 0 Å². The smallest absolute Gasteiger partial charge is 0.329 e. The number of amides is 3. The maximum atomic E-state index is 12.0. The number of hydrogen-bond acceptors (Lipinski definition) is 4. The minimum absolute atomic E-state index is 0.146. The third-order valence-corrected chi connectivity index (χ3v) is 2.97. The summed E-state index contributed by atoms with van der Waals surface area (Å²) in [6.07, 6.45) is 1.59. The van der Waals surface area contributed by atoms with Crippen LogP contribution in [0.1, 0.15) is 11.1 Å². The van der Waals surface area contributed by atoms with Gasteiger partial charge in [-0.2, -0.15) is 0 Å². The van der Waals surface area contributed by atoms with Crippen LogP contribution in [0.5, 0.6) is 0 Å². The molecule has 1 saturated heterocycles. The minimum Gasteiger partial charge on any atom is -0.468 e. The molecule has 1 aromatic carbocycles. The number of aryl methyl sites for hydroxylation is 1. The van der Waals surface area contributed by atoms with Crippen LogP contribution in [0.25, 0.3) is 6.08 Å². The summed E-state index contributed by atoms with van der Waals surface area (Å²) in [5.74, 6) is -1.19. The molecular formula is C14H14N2O4. The van der Waals surface area contributed by atoms with E-state index in [1.54, 1.807) is 6.08 Å². The predicted octanol–water partition coefficient (Wildman–Crippen LogP) is 1.06. The van der Waals surface area contributed by atoms with Crippen molar-refractivity contribution in [2.45, 2.75) is 6.92 Å². The highest BCUT2D eigenvalue weighted by atomic mass is 16.5. The standard InChI is InChI=1S/C14H14N2O4/c1-9-5-3-4-6-10(9)7-11-13(18)16(14(19)15-11)8-12(17)20-2/h3-7H,8H2,1-2H3,(H,15,19). The lowest BCUT2D eigenvalue weighted by Crippen LogP contribution is -2.36. The maximum Gasteiger partial charge on any atom is 0.329 e. The molecule has 0 saturated carbocycles. The number of carbonyl (C=O) groups is 3. The summed E-state index contributed by atoms with van der Waals surface area (Å²) in [7, 11) is 1.20. The molecule has 20 heavy (non-hydrogen) atoms. The van der Waals surface area contributed by atoms with Crippen molar-refractivity contribution < 1.29 is 19.1 Å². The third kappa shape index (κ3) is 2.69. The molecule has 1 heterocycles. The van der Waals surface area contributed by atoms with Crippen LogP contribution in [0.3, 0.4) is 0 Å². The molecule has 104 valence electrons. The average Bonchev–Trinajstić information content (AvgIpc) is 2.69. The molecule has 6 heteroatoms. The molecule has 1 aromatic rings. The van der Waals surface area contributed by atoms with Gasteiger partial charge in [-0.25, -0.2) is 9.69 Å². The first kappa shape index (κ1) is 13.8. The molecule has 0 aromatic heterocycles. The van der Waals surface area contributed by atoms with Crippen LogP contribution in [0.4, 0.5) is 4.79 Å². The normalized spacial score (nSPS) is 16.5. The number of nitrogens with one attached hydrogen (secondary N) is 1. The van der Waals surface area contributed by atoms with Gasteiger partial charge in [0.05, 0.1) is 7.11 Å². The number of benzene rings is 1. The molecule has 0 aliphatic carbocycles. The first-order valence-electron chi connectivity index (χ1n) is 6.00. The number of esters is 1. The fourth-order valence-electron chi connectivity index (χ4n) is 1.81. The topological polar surface area (TPSA) is 75.7 Å². The van der Waals surface area contributed by atoms with Crippen LogP contribution in [0.2, 0.25) is 0 Å². The van der Waals surface area contributed by atoms with Crippen LogP contribution in [-0.2, 0) is 14.3 Å². The summed E-state index contributed by atoms with van der Waals surface area (Å²) in [5, 5.41) is 2.45. The number of rotatable bonds is 3. The van der Waals surface area contributed by atoms with Crippen molar-refractivity contribution in [2.75, 3.05) is 13.7 Å². The van der Waals surface area contributed by atoms with Crippen LogP contribution >= 0.6 is 0 Å². The van der Waals surface area contributed by atoms with Gasteiger partial charge in [-0.05, 0) is 24.1 Å². The SMILES string of the molecule is COC(=O)CN1C(=O)NC(=Cc2ccccc2C)C1=O. The molecule has 1 N–H and O–H groups in total. The monoisotopic (exact) mass is 274 g/mol. The fourth-order valence-corrected chi connectivity index (χ4v) is 1.81. The maximum absolute atomic E-state index is 12.0. The van der Waals surface area contributed by atoms with Crippen LogP contribution < -0.4 is 5.32 Å². The second-order valence-corrected chi connectivity index (χ2v) is 4.31. The number of imide groups is 1. The summed E-state index contributed by atoms with van der Waals surface area (Å²) < 4.78 is 4.45. The van der Waals surface area contributed by atoms with Crippen molar-refractivity contribution in [3.8, 4) is 0 Å². The molecule has 0 atom stereocenters. The first-order valence-corrected chi connectivity index (χ1v) is 6.00. The second kappa shape index (κ2) is 5.56. The Bertz CT molecular complexity index is 607. The number of carbonyl (C=O) groups excluding carboxylic acids is 3. The molecule has 3 amide bonds. The van der Waals surface area contributed by atoms with Crippen LogP contribution in [0.15, 0.2) is 30.0 Å². The van der Waals surface area contributed by atoms with Gasteiger partial charge in [-0.15, -0.1) is 0 Å². The highest BCUT2D eigenvalue weighted by Crippen LogP contribution is 2.16. The number of methoxy groups -OCH3 is 1. The molecule has 0 bridgehead atoms. The van der Waals surface area contributed by atoms with E-state index in [1.165, 1.54) is 7.11 Å². The van der Waals surface area contributed by atoms with Crippen LogP contribution in [-0.4, -0.2) is 36.5 Å². The quantitative estimate of drug-likeness (QED) is 0.508. The zero-order chi connectivity index (χ0) is 14.7. The molecule has 0 spiro atoms. The second-order valence-electron chi connectivity index (χ2n) is 4.31. The Morgan fingerprint density at radius 1 is 1.35 bits per heavy atom. The fraction of sp³-hybridized carbons (Fsp3) is 0.214. The van der Waals surface area contributed by atoms with Gasteiger partial charge < -0.3 is 10.1 Å². The summed E-state index contributed by atoms with van der Waals surface area (Å²) in [5.41, 5.74) is 1.96. The molecule has 0 unspecified atom stereocenters. The lowest BCUT2D eigenvalue weighted by atomic mass is 10.1. The van der Waals surface area contributed by atoms with E-state index in [2.05, 4.69) is 10.1 Å². The summed E-state index contributed by atoms with van der Waals surface area (Å²) in [4.78, 5) is 35.7. The number of urea groups is 1. The van der Waals surface area contributed by atoms with E-state index in [4.69, 9.17) is 0 Å². The Kier molecular flexibility index (Phi) is 3.84. The highest BCUT2D eigenvalue weighted by molar-refractivity contribution is 6.15. The molecule has 0 radical (unpaired) electrons. The van der Waals surface area contributed by atoms with Gasteiger partial charge >= 0.3 is 12.0 Å². The first-order chi connectivity index (χ1) is 9.52. The van der Waals surface area contributed by atoms with Crippen molar-refractivity contribution >= 4 is 24.0 Å². The lowest BCUT2D eigenvalue weighted by molar-refractivity contribution is -0.143. The zero-order valence-corrected chi connectivity index (χ0v) is 11.2. The van der Waals surface area contributed by atoms with E-state index in [0.717, 1.165) is 16.0 Å². The van der Waals surface area contributed by atoms with Gasteiger partial charge in [-0.3, -0.25) is 9.59 Å². The lowest BCUT2D eigenvalue weighted by Gasteiger charge is -2.09. The molecular weight excluding hydrogens is 260 g/mol. The highest BCUT2D eigenvalue weighted by Gasteiger charge is 2.35. The Balaban J connectivity index is 2.24. The zero-order valence-electron chi connectivity index (χ0n) is 11.2. The molecule has 1 fully saturated rings. The van der Waals surface area contributed by atoms with Crippen molar-refractivity contribution in [1.29, 1.82) is 0 Å². The van der Waals surface area contributed by atoms with E-state index in [9.17, 15) is 14.4 Å². The Hall–Kier alpha value is -2.63. The van der Waals surface area contributed by atoms with Gasteiger partial charge in [0.2, 0.25) is 0 Å². The Morgan fingerprint density at radius 3 is 2.70 bits per heavy atom. The molecule has 1 aliphatic heterocycles. The number of hydrogen-bond donors (Lipinski definition) is 1. The van der Waals surface area contributed by atoms with E-state index in [1.807, 2.05) is 31.2 Å². The van der Waals surface area contributed by atoms with Crippen molar-refractivity contribution in [1.82, 2.24) is 10.2 Å². The van der Waals surface area contributed by atoms with Crippen molar-refractivity contribution in [2.24, 2.45) is 0 Å². The summed E-state index contributed by atoms with van der Waals surface area (Å²) in [6, 6.07) is 6.84. The third-order valence-electron chi connectivity index (χ3n) is 2.97. The Labute approximate surface area is 116 Å². The Morgan fingerprint density at radius 2 is 2.05 bits per heavy atom. The van der Waals surface area contributed by atoms with E-state index in [0.29, 0.717) is 0 Å². The largest absolute Gasteiger partial charge is 0.468 e. The van der Waals surface area contributed by atoms with Gasteiger partial charge in [0.1, 0.15) is 12.2 Å². The van der Waals surface area contributed by atoms with Crippen molar-refractivity contribution in [3.05, 3.63) is 41.1 Å². The van der Waals surface area contributed by atoms with E-state index < -0.39 is 24.5 Å². The van der Waals surface area contributed by atoms with Gasteiger partial charge in [0.25, 0.3) is 5.91 Å². The van der Waals surface area contributed by atoms with Crippen molar-refractivity contribution in [3.63, 3.8) is 0 Å². The van der Waals surface area contributed by atoms with Gasteiger partial charge in [0.15, 0.2) is 0 Å². The summed E-state index contributed by atoms with van der Waals surface area (Å²) in [6.45, 7) is 1.51. The average molecular weight is 274 g/mol. The van der Waals surface area contributed by atoms with Gasteiger partial charge in [-0.1, -0.05) is 24.3 Å². The van der Waals surface area contributed by atoms with Crippen LogP contribution in [0, 0.1) is 6.92 Å². The number of ether oxygens (including phenoxy) is 1. The summed E-state index contributed by atoms with van der Waals surface area (Å²) >= 11 is 0. The molecule has 2 rings (SSSR count).